The van der Waals surface area contributed by atoms with Crippen LogP contribution in [0.4, 0.5) is 8.78 Å². The minimum Gasteiger partial charge on any atom is -0.393 e. The normalized spacial score (nSPS) is 46.0. The second kappa shape index (κ2) is 9.10. The molecule has 5 fully saturated rings. The Bertz CT molecular complexity index is 1120. The van der Waals surface area contributed by atoms with Gasteiger partial charge in [0, 0.05) is 32.4 Å². The van der Waals surface area contributed by atoms with Gasteiger partial charge in [-0.25, -0.2) is 8.78 Å². The standard InChI is InChI=1S/C34H51F2NO3/c1-20(2)27-23(38)19-33(29(40)37-17-15-34(35,36)16-18-37)14-9-22-21(28(27)33)7-8-25-31(22,5)12-10-24-30(3,4)26(39)11-13-32(24,25)6/h20-22,24-26,39H,7-19H2,1-6H3/t21-,22?,24?,25?,26-,31-,32-,33+/m0/s1. The first kappa shape index (κ1) is 28.8. The molecule has 3 unspecified atom stereocenters. The lowest BCUT2D eigenvalue weighted by Gasteiger charge is -2.68. The Hall–Kier alpha value is -1.30. The Morgan fingerprint density at radius 2 is 1.52 bits per heavy atom. The summed E-state index contributed by atoms with van der Waals surface area (Å²) in [5.74, 6) is -0.861. The summed E-state index contributed by atoms with van der Waals surface area (Å²) in [5.41, 5.74) is 1.41. The van der Waals surface area contributed by atoms with Crippen molar-refractivity contribution in [1.82, 2.24) is 4.90 Å². The first-order valence-corrected chi connectivity index (χ1v) is 16.2. The number of rotatable bonds is 2. The summed E-state index contributed by atoms with van der Waals surface area (Å²) in [7, 11) is 0. The van der Waals surface area contributed by atoms with E-state index >= 15 is 0 Å². The van der Waals surface area contributed by atoms with Gasteiger partial charge in [0.1, 0.15) is 0 Å². The van der Waals surface area contributed by atoms with E-state index in [1.807, 2.05) is 0 Å². The summed E-state index contributed by atoms with van der Waals surface area (Å²) < 4.78 is 28.0. The number of allylic oxidation sites excluding steroid dienone is 1. The molecule has 8 atom stereocenters. The maximum absolute atomic E-state index is 14.3. The van der Waals surface area contributed by atoms with Crippen molar-refractivity contribution in [1.29, 1.82) is 0 Å². The number of hydrogen-bond acceptors (Lipinski definition) is 3. The van der Waals surface area contributed by atoms with Gasteiger partial charge in [-0.3, -0.25) is 9.59 Å². The van der Waals surface area contributed by atoms with Gasteiger partial charge >= 0.3 is 0 Å². The van der Waals surface area contributed by atoms with E-state index in [9.17, 15) is 23.5 Å². The number of Topliss-reactive ketones (excluding diaryl/α,β-unsaturated/α-hetero) is 1. The molecule has 4 saturated carbocycles. The van der Waals surface area contributed by atoms with Crippen molar-refractivity contribution in [2.24, 2.45) is 51.2 Å². The first-order chi connectivity index (χ1) is 18.6. The third-order valence-corrected chi connectivity index (χ3v) is 13.8. The lowest BCUT2D eigenvalue weighted by molar-refractivity contribution is -0.203. The number of nitrogens with zero attached hydrogens (tertiary/aromatic N) is 1. The van der Waals surface area contributed by atoms with E-state index in [-0.39, 0.29) is 78.2 Å². The van der Waals surface area contributed by atoms with Crippen molar-refractivity contribution in [2.45, 2.75) is 124 Å². The molecule has 0 aromatic carbocycles. The van der Waals surface area contributed by atoms with Crippen LogP contribution in [0.5, 0.6) is 0 Å². The third kappa shape index (κ3) is 3.82. The minimum absolute atomic E-state index is 0.0496. The fourth-order valence-electron chi connectivity index (χ4n) is 11.9. The SMILES string of the molecule is CC(C)C1=C2[C@H]3CCC4[C@@](C)(CCC5C(C)(C)[C@@H](O)CC[C@@]54C)C3CC[C@@]2(C(=O)N2CCC(F)(F)CC2)CC1=O. The molecule has 1 heterocycles. The highest BCUT2D eigenvalue weighted by molar-refractivity contribution is 6.06. The summed E-state index contributed by atoms with van der Waals surface area (Å²) >= 11 is 0. The predicted octanol–water partition coefficient (Wildman–Crippen LogP) is 7.20. The quantitative estimate of drug-likeness (QED) is 0.389. The highest BCUT2D eigenvalue weighted by Gasteiger charge is 2.67. The zero-order chi connectivity index (χ0) is 29.0. The Balaban J connectivity index is 1.37. The molecule has 1 saturated heterocycles. The molecule has 1 aliphatic heterocycles. The van der Waals surface area contributed by atoms with Gasteiger partial charge in [-0.05, 0) is 108 Å². The highest BCUT2D eigenvalue weighted by Crippen LogP contribution is 2.73. The van der Waals surface area contributed by atoms with E-state index in [4.69, 9.17) is 0 Å². The Morgan fingerprint density at radius 1 is 0.875 bits per heavy atom. The fraction of sp³-hybridized carbons (Fsp3) is 0.882. The monoisotopic (exact) mass is 559 g/mol. The first-order valence-electron chi connectivity index (χ1n) is 16.2. The number of halogens is 2. The Morgan fingerprint density at radius 3 is 2.17 bits per heavy atom. The summed E-state index contributed by atoms with van der Waals surface area (Å²) in [6.45, 7) is 13.9. The van der Waals surface area contributed by atoms with Crippen LogP contribution in [0, 0.1) is 51.2 Å². The van der Waals surface area contributed by atoms with Gasteiger partial charge in [0.2, 0.25) is 5.91 Å². The van der Waals surface area contributed by atoms with Gasteiger partial charge in [-0.1, -0.05) is 41.5 Å². The summed E-state index contributed by atoms with van der Waals surface area (Å²) in [6, 6.07) is 0. The summed E-state index contributed by atoms with van der Waals surface area (Å²) in [6.07, 6.45) is 7.32. The molecule has 0 radical (unpaired) electrons. The number of aliphatic hydroxyl groups is 1. The number of carbonyl (C=O) groups excluding carboxylic acids is 2. The van der Waals surface area contributed by atoms with E-state index < -0.39 is 11.3 Å². The molecule has 1 N–H and O–H groups in total. The summed E-state index contributed by atoms with van der Waals surface area (Å²) in [4.78, 5) is 29.7. The van der Waals surface area contributed by atoms with Crippen LogP contribution < -0.4 is 0 Å². The highest BCUT2D eigenvalue weighted by atomic mass is 19.3. The smallest absolute Gasteiger partial charge is 0.251 e. The molecule has 224 valence electrons. The number of likely N-dealkylation sites (tertiary alicyclic amines) is 1. The summed E-state index contributed by atoms with van der Waals surface area (Å²) in [5, 5.41) is 10.9. The van der Waals surface area contributed by atoms with Crippen LogP contribution in [-0.2, 0) is 9.59 Å². The molecule has 6 heteroatoms. The van der Waals surface area contributed by atoms with Crippen molar-refractivity contribution in [3.8, 4) is 0 Å². The van der Waals surface area contributed by atoms with Gasteiger partial charge in [-0.15, -0.1) is 0 Å². The lowest BCUT2D eigenvalue weighted by atomic mass is 9.36. The molecular formula is C34H51F2NO3. The van der Waals surface area contributed by atoms with Crippen molar-refractivity contribution in [3.05, 3.63) is 11.1 Å². The van der Waals surface area contributed by atoms with E-state index in [0.717, 1.165) is 56.1 Å². The zero-order valence-corrected chi connectivity index (χ0v) is 25.6. The van der Waals surface area contributed by atoms with Gasteiger partial charge in [-0.2, -0.15) is 0 Å². The van der Waals surface area contributed by atoms with Crippen LogP contribution in [0.2, 0.25) is 0 Å². The molecule has 0 aromatic rings. The third-order valence-electron chi connectivity index (χ3n) is 13.8. The van der Waals surface area contributed by atoms with E-state index in [1.165, 1.54) is 0 Å². The topological polar surface area (TPSA) is 57.6 Å². The van der Waals surface area contributed by atoms with Gasteiger partial charge in [0.05, 0.1) is 11.5 Å². The second-order valence-electron chi connectivity index (χ2n) is 16.2. The van der Waals surface area contributed by atoms with Crippen LogP contribution in [0.15, 0.2) is 11.1 Å². The number of piperidine rings is 1. The Kier molecular flexibility index (Phi) is 6.55. The number of aliphatic hydroxyl groups excluding tert-OH is 1. The van der Waals surface area contributed by atoms with E-state index in [2.05, 4.69) is 41.5 Å². The number of hydrogen-bond donors (Lipinski definition) is 1. The molecule has 0 bridgehead atoms. The average Bonchev–Trinajstić information content (AvgIpc) is 3.19. The molecule has 1 amide bonds. The van der Waals surface area contributed by atoms with Gasteiger partial charge in [0.15, 0.2) is 5.78 Å². The largest absolute Gasteiger partial charge is 0.393 e. The van der Waals surface area contributed by atoms with Crippen LogP contribution in [-0.4, -0.2) is 46.8 Å². The van der Waals surface area contributed by atoms with Crippen LogP contribution in [0.1, 0.15) is 112 Å². The van der Waals surface area contributed by atoms with Crippen molar-refractivity contribution < 1.29 is 23.5 Å². The van der Waals surface area contributed by atoms with E-state index in [1.54, 1.807) is 4.90 Å². The number of fused-ring (bicyclic) bond motifs is 7. The molecule has 4 nitrogen and oxygen atoms in total. The number of carbonyl (C=O) groups is 2. The maximum Gasteiger partial charge on any atom is 0.251 e. The molecule has 0 aromatic heterocycles. The maximum atomic E-state index is 14.3. The molecule has 40 heavy (non-hydrogen) atoms. The van der Waals surface area contributed by atoms with Crippen LogP contribution in [0.25, 0.3) is 0 Å². The number of alkyl halides is 2. The van der Waals surface area contributed by atoms with Crippen molar-refractivity contribution in [2.75, 3.05) is 13.1 Å². The van der Waals surface area contributed by atoms with Crippen LogP contribution >= 0.6 is 0 Å². The fourth-order valence-corrected chi connectivity index (χ4v) is 11.9. The van der Waals surface area contributed by atoms with Gasteiger partial charge < -0.3 is 10.0 Å². The van der Waals surface area contributed by atoms with Crippen molar-refractivity contribution >= 4 is 11.7 Å². The van der Waals surface area contributed by atoms with Gasteiger partial charge in [0.25, 0.3) is 5.92 Å². The van der Waals surface area contributed by atoms with E-state index in [0.29, 0.717) is 24.2 Å². The molecule has 5 aliphatic carbocycles. The molecule has 0 spiro atoms. The Labute approximate surface area is 239 Å². The molecule has 6 rings (SSSR count). The zero-order valence-electron chi connectivity index (χ0n) is 25.6. The predicted molar refractivity (Wildman–Crippen MR) is 152 cm³/mol. The van der Waals surface area contributed by atoms with Crippen molar-refractivity contribution in [3.63, 3.8) is 0 Å². The van der Waals surface area contributed by atoms with Crippen LogP contribution in [0.3, 0.4) is 0 Å². The average molecular weight is 560 g/mol. The lowest BCUT2D eigenvalue weighted by Crippen LogP contribution is -2.63. The number of ketones is 1. The number of amides is 1. The second-order valence-corrected chi connectivity index (χ2v) is 16.2. The molecular weight excluding hydrogens is 508 g/mol. The molecule has 6 aliphatic rings. The minimum atomic E-state index is -2.70.